The van der Waals surface area contributed by atoms with Crippen molar-refractivity contribution in [2.45, 2.75) is 19.4 Å². The molecule has 1 aromatic carbocycles. The standard InChI is InChI=1S/C14H14N4OS/c1-14(2,13-15-5-6-20-13)17-12(19)9-3-4-10-8-16-18-11(10)7-9/h3-8H,1-2H3,(H,16,18)(H,17,19). The SMILES string of the molecule is CC(C)(NC(=O)c1ccc2cn[nH]c2c1)c1nccs1. The first-order chi connectivity index (χ1) is 9.56. The number of rotatable bonds is 3. The lowest BCUT2D eigenvalue weighted by atomic mass is 10.1. The summed E-state index contributed by atoms with van der Waals surface area (Å²) in [6, 6.07) is 5.48. The summed E-state index contributed by atoms with van der Waals surface area (Å²) >= 11 is 1.53. The summed E-state index contributed by atoms with van der Waals surface area (Å²) in [5.41, 5.74) is 0.963. The van der Waals surface area contributed by atoms with Gasteiger partial charge in [-0.25, -0.2) is 4.98 Å². The summed E-state index contributed by atoms with van der Waals surface area (Å²) in [5, 5.41) is 13.6. The van der Waals surface area contributed by atoms with Gasteiger partial charge in [-0.1, -0.05) is 6.07 Å². The zero-order chi connectivity index (χ0) is 14.2. The summed E-state index contributed by atoms with van der Waals surface area (Å²) in [6.45, 7) is 3.89. The largest absolute Gasteiger partial charge is 0.341 e. The fourth-order valence-corrected chi connectivity index (χ4v) is 2.74. The molecule has 0 atom stereocenters. The number of fused-ring (bicyclic) bond motifs is 1. The van der Waals surface area contributed by atoms with E-state index in [9.17, 15) is 4.79 Å². The second-order valence-corrected chi connectivity index (χ2v) is 5.98. The van der Waals surface area contributed by atoms with Crippen LogP contribution in [0.1, 0.15) is 29.2 Å². The topological polar surface area (TPSA) is 70.7 Å². The van der Waals surface area contributed by atoms with Gasteiger partial charge in [0.05, 0.1) is 17.3 Å². The van der Waals surface area contributed by atoms with Gasteiger partial charge in [0.1, 0.15) is 5.01 Å². The lowest BCUT2D eigenvalue weighted by molar-refractivity contribution is 0.0912. The van der Waals surface area contributed by atoms with E-state index in [1.165, 1.54) is 11.3 Å². The van der Waals surface area contributed by atoms with Crippen molar-refractivity contribution in [1.82, 2.24) is 20.5 Å². The monoisotopic (exact) mass is 286 g/mol. The van der Waals surface area contributed by atoms with Crippen LogP contribution in [0.3, 0.4) is 0 Å². The number of carbonyl (C=O) groups excluding carboxylic acids is 1. The van der Waals surface area contributed by atoms with E-state index in [1.807, 2.05) is 25.3 Å². The Morgan fingerprint density at radius 2 is 2.25 bits per heavy atom. The van der Waals surface area contributed by atoms with E-state index in [1.54, 1.807) is 24.5 Å². The zero-order valence-corrected chi connectivity index (χ0v) is 12.0. The van der Waals surface area contributed by atoms with Crippen LogP contribution in [0.5, 0.6) is 0 Å². The molecule has 0 aliphatic carbocycles. The van der Waals surface area contributed by atoms with E-state index in [2.05, 4.69) is 20.5 Å². The van der Waals surface area contributed by atoms with Crippen molar-refractivity contribution in [3.8, 4) is 0 Å². The highest BCUT2D eigenvalue weighted by atomic mass is 32.1. The average molecular weight is 286 g/mol. The van der Waals surface area contributed by atoms with Gasteiger partial charge in [0.25, 0.3) is 5.91 Å². The van der Waals surface area contributed by atoms with E-state index in [4.69, 9.17) is 0 Å². The van der Waals surface area contributed by atoms with Crippen LogP contribution in [-0.2, 0) is 5.54 Å². The third-order valence-electron chi connectivity index (χ3n) is 3.10. The van der Waals surface area contributed by atoms with Gasteiger partial charge < -0.3 is 5.32 Å². The van der Waals surface area contributed by atoms with E-state index < -0.39 is 5.54 Å². The molecule has 20 heavy (non-hydrogen) atoms. The number of nitrogens with one attached hydrogen (secondary N) is 2. The second-order valence-electron chi connectivity index (χ2n) is 5.09. The highest BCUT2D eigenvalue weighted by Crippen LogP contribution is 2.23. The number of hydrogen-bond donors (Lipinski definition) is 2. The third kappa shape index (κ3) is 2.30. The molecule has 0 fully saturated rings. The van der Waals surface area contributed by atoms with Crippen molar-refractivity contribution in [2.24, 2.45) is 0 Å². The predicted molar refractivity (Wildman–Crippen MR) is 78.7 cm³/mol. The molecular formula is C14H14N4OS. The molecule has 0 bridgehead atoms. The zero-order valence-electron chi connectivity index (χ0n) is 11.2. The first-order valence-corrected chi connectivity index (χ1v) is 7.10. The predicted octanol–water partition coefficient (Wildman–Crippen LogP) is 2.68. The van der Waals surface area contributed by atoms with Crippen LogP contribution in [0.4, 0.5) is 0 Å². The van der Waals surface area contributed by atoms with Crippen molar-refractivity contribution in [1.29, 1.82) is 0 Å². The number of hydrogen-bond acceptors (Lipinski definition) is 4. The first-order valence-electron chi connectivity index (χ1n) is 6.22. The van der Waals surface area contributed by atoms with Crippen LogP contribution in [0.2, 0.25) is 0 Å². The van der Waals surface area contributed by atoms with Gasteiger partial charge in [-0.3, -0.25) is 9.89 Å². The minimum Gasteiger partial charge on any atom is -0.341 e. The van der Waals surface area contributed by atoms with Crippen molar-refractivity contribution >= 4 is 28.1 Å². The molecule has 0 unspecified atom stereocenters. The van der Waals surface area contributed by atoms with Crippen molar-refractivity contribution in [2.75, 3.05) is 0 Å². The summed E-state index contributed by atoms with van der Waals surface area (Å²) in [5.74, 6) is -0.123. The van der Waals surface area contributed by atoms with Crippen LogP contribution < -0.4 is 5.32 Å². The molecule has 3 rings (SSSR count). The minimum atomic E-state index is -0.492. The summed E-state index contributed by atoms with van der Waals surface area (Å²) < 4.78 is 0. The van der Waals surface area contributed by atoms with Gasteiger partial charge in [0, 0.05) is 22.5 Å². The Bertz CT molecular complexity index is 745. The number of aromatic amines is 1. The van der Waals surface area contributed by atoms with E-state index in [0.29, 0.717) is 5.56 Å². The molecule has 6 heteroatoms. The molecule has 3 aromatic rings. The number of carbonyl (C=O) groups is 1. The molecular weight excluding hydrogens is 272 g/mol. The van der Waals surface area contributed by atoms with Crippen LogP contribution in [-0.4, -0.2) is 21.1 Å². The van der Waals surface area contributed by atoms with Gasteiger partial charge in [-0.2, -0.15) is 5.10 Å². The molecule has 2 aromatic heterocycles. The maximum Gasteiger partial charge on any atom is 0.252 e. The smallest absolute Gasteiger partial charge is 0.252 e. The summed E-state index contributed by atoms with van der Waals surface area (Å²) in [4.78, 5) is 16.6. The molecule has 5 nitrogen and oxygen atoms in total. The van der Waals surface area contributed by atoms with Gasteiger partial charge in [-0.15, -0.1) is 11.3 Å². The number of aromatic nitrogens is 3. The molecule has 0 saturated heterocycles. The third-order valence-corrected chi connectivity index (χ3v) is 4.19. The lowest BCUT2D eigenvalue weighted by Gasteiger charge is -2.23. The number of benzene rings is 1. The Kier molecular flexibility index (Phi) is 3.02. The van der Waals surface area contributed by atoms with Gasteiger partial charge in [-0.05, 0) is 26.0 Å². The van der Waals surface area contributed by atoms with E-state index in [-0.39, 0.29) is 5.91 Å². The molecule has 2 N–H and O–H groups in total. The fraction of sp³-hybridized carbons (Fsp3) is 0.214. The number of thiazole rings is 1. The van der Waals surface area contributed by atoms with Crippen molar-refractivity contribution in [3.05, 3.63) is 46.5 Å². The second kappa shape index (κ2) is 4.72. The normalized spacial score (nSPS) is 11.7. The van der Waals surface area contributed by atoms with E-state index >= 15 is 0 Å². The van der Waals surface area contributed by atoms with Crippen LogP contribution in [0, 0.1) is 0 Å². The number of nitrogens with zero attached hydrogens (tertiary/aromatic N) is 2. The molecule has 102 valence electrons. The van der Waals surface area contributed by atoms with Gasteiger partial charge >= 0.3 is 0 Å². The van der Waals surface area contributed by atoms with E-state index in [0.717, 1.165) is 15.9 Å². The lowest BCUT2D eigenvalue weighted by Crippen LogP contribution is -2.40. The Morgan fingerprint density at radius 3 is 3.00 bits per heavy atom. The van der Waals surface area contributed by atoms with Gasteiger partial charge in [0.15, 0.2) is 0 Å². The summed E-state index contributed by atoms with van der Waals surface area (Å²) in [6.07, 6.45) is 3.47. The van der Waals surface area contributed by atoms with Crippen LogP contribution in [0.15, 0.2) is 36.0 Å². The minimum absolute atomic E-state index is 0.123. The molecule has 0 aliphatic heterocycles. The Hall–Kier alpha value is -2.21. The van der Waals surface area contributed by atoms with Crippen LogP contribution in [0.25, 0.3) is 10.9 Å². The van der Waals surface area contributed by atoms with Crippen molar-refractivity contribution < 1.29 is 4.79 Å². The Labute approximate surface area is 120 Å². The fourth-order valence-electron chi connectivity index (χ4n) is 2.02. The average Bonchev–Trinajstić information content (AvgIpc) is 3.09. The Balaban J connectivity index is 1.85. The van der Waals surface area contributed by atoms with Crippen LogP contribution >= 0.6 is 11.3 Å². The molecule has 0 aliphatic rings. The highest BCUT2D eigenvalue weighted by Gasteiger charge is 2.26. The molecule has 0 spiro atoms. The number of H-pyrrole nitrogens is 1. The summed E-state index contributed by atoms with van der Waals surface area (Å²) in [7, 11) is 0. The Morgan fingerprint density at radius 1 is 1.40 bits per heavy atom. The molecule has 1 amide bonds. The van der Waals surface area contributed by atoms with Crippen molar-refractivity contribution in [3.63, 3.8) is 0 Å². The quantitative estimate of drug-likeness (QED) is 0.777. The highest BCUT2D eigenvalue weighted by molar-refractivity contribution is 7.09. The van der Waals surface area contributed by atoms with Gasteiger partial charge in [0.2, 0.25) is 0 Å². The maximum absolute atomic E-state index is 12.4. The maximum atomic E-state index is 12.4. The molecule has 0 saturated carbocycles. The number of amides is 1. The molecule has 0 radical (unpaired) electrons. The molecule has 2 heterocycles. The first kappa shape index (κ1) is 12.8.